The number of aliphatic carboxylic acids is 1. The van der Waals surface area contributed by atoms with Crippen LogP contribution in [0, 0.1) is 19.8 Å². The van der Waals surface area contributed by atoms with Crippen molar-refractivity contribution in [1.29, 1.82) is 0 Å². The lowest BCUT2D eigenvalue weighted by Crippen LogP contribution is -2.34. The number of aryl methyl sites for hydroxylation is 2. The maximum Gasteiger partial charge on any atom is 0.321 e. The Morgan fingerprint density at radius 3 is 2.67 bits per heavy atom. The van der Waals surface area contributed by atoms with Gasteiger partial charge in [-0.1, -0.05) is 12.1 Å². The summed E-state index contributed by atoms with van der Waals surface area (Å²) >= 11 is 0. The third-order valence-corrected chi connectivity index (χ3v) is 4.33. The van der Waals surface area contributed by atoms with Gasteiger partial charge in [-0.15, -0.1) is 0 Å². The summed E-state index contributed by atoms with van der Waals surface area (Å²) in [4.78, 5) is 24.9. The van der Waals surface area contributed by atoms with Gasteiger partial charge in [0.2, 0.25) is 0 Å². The van der Waals surface area contributed by atoms with Crippen molar-refractivity contribution < 1.29 is 19.1 Å². The highest BCUT2D eigenvalue weighted by molar-refractivity contribution is 5.91. The number of carbonyl (C=O) groups excluding carboxylic acids is 1. The molecular formula is C18H20N2O4. The number of carbonyl (C=O) groups is 2. The van der Waals surface area contributed by atoms with Gasteiger partial charge in [0.15, 0.2) is 0 Å². The quantitative estimate of drug-likeness (QED) is 0.903. The van der Waals surface area contributed by atoms with Crippen LogP contribution in [-0.2, 0) is 4.79 Å². The molecule has 0 radical (unpaired) electrons. The van der Waals surface area contributed by atoms with Gasteiger partial charge >= 0.3 is 12.0 Å². The molecule has 126 valence electrons. The third-order valence-electron chi connectivity index (χ3n) is 4.33. The molecule has 1 atom stereocenters. The lowest BCUT2D eigenvalue weighted by molar-refractivity contribution is -0.141. The predicted molar refractivity (Wildman–Crippen MR) is 90.0 cm³/mol. The number of urea groups is 1. The summed E-state index contributed by atoms with van der Waals surface area (Å²) in [5.41, 5.74) is 2.52. The summed E-state index contributed by atoms with van der Waals surface area (Å²) in [6.07, 6.45) is 0.493. The summed E-state index contributed by atoms with van der Waals surface area (Å²) in [5, 5.41) is 11.9. The first-order chi connectivity index (χ1) is 11.4. The average molecular weight is 328 g/mol. The van der Waals surface area contributed by atoms with Crippen LogP contribution in [0.25, 0.3) is 11.3 Å². The zero-order valence-corrected chi connectivity index (χ0v) is 13.7. The second-order valence-corrected chi connectivity index (χ2v) is 6.14. The molecule has 1 fully saturated rings. The number of furan rings is 1. The Morgan fingerprint density at radius 1 is 1.25 bits per heavy atom. The molecule has 3 rings (SSSR count). The van der Waals surface area contributed by atoms with Gasteiger partial charge in [-0.05, 0) is 44.0 Å². The Labute approximate surface area is 140 Å². The van der Waals surface area contributed by atoms with E-state index in [0.717, 1.165) is 22.6 Å². The number of anilines is 1. The Bertz CT molecular complexity index is 781. The minimum absolute atomic E-state index is 0.247. The lowest BCUT2D eigenvalue weighted by atomic mass is 10.1. The van der Waals surface area contributed by atoms with E-state index < -0.39 is 11.9 Å². The molecule has 24 heavy (non-hydrogen) atoms. The van der Waals surface area contributed by atoms with Gasteiger partial charge in [0.05, 0.1) is 5.92 Å². The summed E-state index contributed by atoms with van der Waals surface area (Å²) in [6, 6.07) is 9.25. The van der Waals surface area contributed by atoms with Crippen molar-refractivity contribution in [2.75, 3.05) is 18.4 Å². The molecule has 0 spiro atoms. The average Bonchev–Trinajstić information content (AvgIpc) is 3.18. The monoisotopic (exact) mass is 328 g/mol. The van der Waals surface area contributed by atoms with Crippen LogP contribution in [0.1, 0.15) is 17.7 Å². The number of hydrogen-bond acceptors (Lipinski definition) is 3. The van der Waals surface area contributed by atoms with Crippen molar-refractivity contribution in [2.24, 2.45) is 5.92 Å². The zero-order chi connectivity index (χ0) is 17.3. The van der Waals surface area contributed by atoms with Crippen LogP contribution >= 0.6 is 0 Å². The van der Waals surface area contributed by atoms with E-state index in [4.69, 9.17) is 9.52 Å². The molecule has 0 aliphatic carbocycles. The second kappa shape index (κ2) is 6.39. The highest BCUT2D eigenvalue weighted by Gasteiger charge is 2.31. The number of rotatable bonds is 3. The fourth-order valence-electron chi connectivity index (χ4n) is 2.84. The number of carboxylic acids is 1. The van der Waals surface area contributed by atoms with Gasteiger partial charge in [-0.25, -0.2) is 4.79 Å². The molecule has 6 nitrogen and oxygen atoms in total. The van der Waals surface area contributed by atoms with Crippen molar-refractivity contribution in [1.82, 2.24) is 4.90 Å². The normalized spacial score (nSPS) is 17.1. The Morgan fingerprint density at radius 2 is 2.04 bits per heavy atom. The molecule has 0 saturated carbocycles. The molecule has 1 aromatic heterocycles. The van der Waals surface area contributed by atoms with E-state index in [2.05, 4.69) is 5.32 Å². The smallest absolute Gasteiger partial charge is 0.321 e. The van der Waals surface area contributed by atoms with E-state index in [-0.39, 0.29) is 12.6 Å². The summed E-state index contributed by atoms with van der Waals surface area (Å²) in [6.45, 7) is 4.50. The maximum atomic E-state index is 12.4. The molecule has 2 heterocycles. The maximum absolute atomic E-state index is 12.4. The summed E-state index contributed by atoms with van der Waals surface area (Å²) in [7, 11) is 0. The van der Waals surface area contributed by atoms with Crippen LogP contribution in [0.2, 0.25) is 0 Å². The predicted octanol–water partition coefficient (Wildman–Crippen LogP) is 3.50. The van der Waals surface area contributed by atoms with Gasteiger partial charge in [0, 0.05) is 24.3 Å². The minimum atomic E-state index is -0.850. The zero-order valence-electron chi connectivity index (χ0n) is 13.7. The van der Waals surface area contributed by atoms with Crippen LogP contribution in [0.5, 0.6) is 0 Å². The lowest BCUT2D eigenvalue weighted by Gasteiger charge is -2.18. The number of likely N-dealkylation sites (tertiary alicyclic amines) is 1. The van der Waals surface area contributed by atoms with Gasteiger partial charge in [0.25, 0.3) is 0 Å². The van der Waals surface area contributed by atoms with Gasteiger partial charge in [-0.2, -0.15) is 0 Å². The van der Waals surface area contributed by atoms with E-state index in [1.165, 1.54) is 0 Å². The van der Waals surface area contributed by atoms with Crippen LogP contribution in [0.4, 0.5) is 10.5 Å². The van der Waals surface area contributed by atoms with Gasteiger partial charge < -0.3 is 19.7 Å². The van der Waals surface area contributed by atoms with Crippen molar-refractivity contribution in [2.45, 2.75) is 20.3 Å². The number of amides is 2. The van der Waals surface area contributed by atoms with Crippen LogP contribution < -0.4 is 5.32 Å². The number of hydrogen-bond donors (Lipinski definition) is 2. The van der Waals surface area contributed by atoms with Gasteiger partial charge in [0.1, 0.15) is 11.5 Å². The van der Waals surface area contributed by atoms with Crippen LogP contribution in [0.3, 0.4) is 0 Å². The molecule has 0 bridgehead atoms. The molecule has 2 aromatic rings. The van der Waals surface area contributed by atoms with Crippen molar-refractivity contribution in [3.63, 3.8) is 0 Å². The number of nitrogens with zero attached hydrogens (tertiary/aromatic N) is 1. The minimum Gasteiger partial charge on any atom is -0.481 e. The number of benzene rings is 1. The van der Waals surface area contributed by atoms with Crippen molar-refractivity contribution >= 4 is 17.7 Å². The van der Waals surface area contributed by atoms with Crippen molar-refractivity contribution in [3.05, 3.63) is 41.7 Å². The highest BCUT2D eigenvalue weighted by atomic mass is 16.4. The molecular weight excluding hydrogens is 308 g/mol. The first kappa shape index (κ1) is 16.1. The van der Waals surface area contributed by atoms with E-state index in [1.807, 2.05) is 44.2 Å². The molecule has 6 heteroatoms. The Balaban J connectivity index is 1.75. The fraction of sp³-hybridized carbons (Fsp3) is 0.333. The SMILES string of the molecule is Cc1ccc(-c2ccc(C)c(NC(=O)N3CCC(C(=O)O)C3)c2)o1. The van der Waals surface area contributed by atoms with E-state index in [9.17, 15) is 9.59 Å². The number of carboxylic acid groups (broad SMARTS) is 1. The van der Waals surface area contributed by atoms with E-state index in [1.54, 1.807) is 4.90 Å². The number of nitrogens with one attached hydrogen (secondary N) is 1. The summed E-state index contributed by atoms with van der Waals surface area (Å²) < 4.78 is 5.62. The van der Waals surface area contributed by atoms with E-state index in [0.29, 0.717) is 18.7 Å². The first-order valence-electron chi connectivity index (χ1n) is 7.90. The van der Waals surface area contributed by atoms with Crippen molar-refractivity contribution in [3.8, 4) is 11.3 Å². The third kappa shape index (κ3) is 3.27. The topological polar surface area (TPSA) is 82.8 Å². The van der Waals surface area contributed by atoms with Crippen LogP contribution in [0.15, 0.2) is 34.7 Å². The fourth-order valence-corrected chi connectivity index (χ4v) is 2.84. The standard InChI is InChI=1S/C18H20N2O4/c1-11-3-5-13(16-6-4-12(2)24-16)9-15(11)19-18(23)20-8-7-14(10-20)17(21)22/h3-6,9,14H,7-8,10H2,1-2H3,(H,19,23)(H,21,22). The second-order valence-electron chi connectivity index (χ2n) is 6.14. The highest BCUT2D eigenvalue weighted by Crippen LogP contribution is 2.27. The molecule has 1 unspecified atom stereocenters. The molecule has 2 amide bonds. The molecule has 1 aliphatic rings. The molecule has 1 aliphatic heterocycles. The Kier molecular flexibility index (Phi) is 4.29. The molecule has 2 N–H and O–H groups in total. The first-order valence-corrected chi connectivity index (χ1v) is 7.90. The Hall–Kier alpha value is -2.76. The molecule has 1 aromatic carbocycles. The van der Waals surface area contributed by atoms with Gasteiger partial charge in [-0.3, -0.25) is 4.79 Å². The largest absolute Gasteiger partial charge is 0.481 e. The summed E-state index contributed by atoms with van der Waals surface area (Å²) in [5.74, 6) is 0.244. The van der Waals surface area contributed by atoms with Crippen LogP contribution in [-0.4, -0.2) is 35.1 Å². The molecule has 1 saturated heterocycles. The van der Waals surface area contributed by atoms with E-state index >= 15 is 0 Å².